The maximum absolute atomic E-state index is 12.9. The van der Waals surface area contributed by atoms with Crippen LogP contribution in [0.25, 0.3) is 0 Å². The molecule has 1 aliphatic rings. The van der Waals surface area contributed by atoms with Crippen LogP contribution in [0.1, 0.15) is 17.7 Å². The fourth-order valence-electron chi connectivity index (χ4n) is 3.00. The smallest absolute Gasteiger partial charge is 0.349 e. The van der Waals surface area contributed by atoms with Gasteiger partial charge in [0.25, 0.3) is 5.91 Å². The zero-order valence-electron chi connectivity index (χ0n) is 18.1. The second-order valence-corrected chi connectivity index (χ2v) is 7.23. The highest BCUT2D eigenvalue weighted by atomic mass is 19.4. The third-order valence-corrected chi connectivity index (χ3v) is 4.62. The van der Waals surface area contributed by atoms with Gasteiger partial charge in [0.2, 0.25) is 5.91 Å². The van der Waals surface area contributed by atoms with E-state index in [1.165, 1.54) is 0 Å². The standard InChI is InChI=1S/C23H23F3N6O2/c24-23(25,26)18-14-30-19(15-29-18)31-20(33)10-12-28-22(34)21-27-11-6-1-2-7-13-32(21)16-17-8-4-3-5-9-17/h1-9,14-15H,10-13,16H2,(H,28,34)(H,30,31,33)/b6-1-,7-2-,27-21?. The number of hydrogen-bond donors (Lipinski definition) is 2. The van der Waals surface area contributed by atoms with Crippen LogP contribution >= 0.6 is 0 Å². The zero-order chi connectivity index (χ0) is 24.4. The van der Waals surface area contributed by atoms with Gasteiger partial charge in [-0.3, -0.25) is 14.6 Å². The van der Waals surface area contributed by atoms with E-state index in [9.17, 15) is 22.8 Å². The predicted molar refractivity (Wildman–Crippen MR) is 121 cm³/mol. The van der Waals surface area contributed by atoms with E-state index < -0.39 is 23.7 Å². The molecule has 0 radical (unpaired) electrons. The Morgan fingerprint density at radius 3 is 2.50 bits per heavy atom. The molecule has 0 saturated carbocycles. The molecule has 2 N–H and O–H groups in total. The van der Waals surface area contributed by atoms with Crippen LogP contribution in [-0.4, -0.2) is 52.2 Å². The summed E-state index contributed by atoms with van der Waals surface area (Å²) >= 11 is 0. The molecule has 1 aromatic carbocycles. The Morgan fingerprint density at radius 2 is 1.79 bits per heavy atom. The van der Waals surface area contributed by atoms with Crippen LogP contribution in [-0.2, 0) is 22.3 Å². The molecule has 0 aliphatic carbocycles. The Kier molecular flexibility index (Phi) is 8.49. The van der Waals surface area contributed by atoms with Gasteiger partial charge in [0.1, 0.15) is 0 Å². The minimum atomic E-state index is -4.61. The van der Waals surface area contributed by atoms with Gasteiger partial charge in [-0.25, -0.2) is 9.97 Å². The molecule has 178 valence electrons. The molecule has 0 unspecified atom stereocenters. The molecule has 0 atom stereocenters. The molecule has 1 aliphatic heterocycles. The third kappa shape index (κ3) is 7.54. The zero-order valence-corrected chi connectivity index (χ0v) is 18.1. The number of benzene rings is 1. The lowest BCUT2D eigenvalue weighted by molar-refractivity contribution is -0.141. The highest BCUT2D eigenvalue weighted by Crippen LogP contribution is 2.26. The van der Waals surface area contributed by atoms with Crippen molar-refractivity contribution in [3.63, 3.8) is 0 Å². The van der Waals surface area contributed by atoms with Gasteiger partial charge < -0.3 is 15.5 Å². The molecule has 1 aromatic heterocycles. The summed E-state index contributed by atoms with van der Waals surface area (Å²) in [5.74, 6) is -0.828. The summed E-state index contributed by atoms with van der Waals surface area (Å²) in [7, 11) is 0. The van der Waals surface area contributed by atoms with Gasteiger partial charge >= 0.3 is 6.18 Å². The quantitative estimate of drug-likeness (QED) is 0.646. The Morgan fingerprint density at radius 1 is 1.03 bits per heavy atom. The van der Waals surface area contributed by atoms with Crippen LogP contribution in [0.3, 0.4) is 0 Å². The molecular weight excluding hydrogens is 449 g/mol. The summed E-state index contributed by atoms with van der Waals surface area (Å²) in [6, 6.07) is 9.66. The van der Waals surface area contributed by atoms with E-state index in [0.29, 0.717) is 25.8 Å². The highest BCUT2D eigenvalue weighted by Gasteiger charge is 2.32. The van der Waals surface area contributed by atoms with Gasteiger partial charge in [-0.2, -0.15) is 13.2 Å². The molecule has 34 heavy (non-hydrogen) atoms. The number of carbonyl (C=O) groups is 2. The number of rotatable bonds is 7. The van der Waals surface area contributed by atoms with Crippen LogP contribution in [0.4, 0.5) is 19.0 Å². The van der Waals surface area contributed by atoms with Gasteiger partial charge in [0, 0.05) is 26.1 Å². The van der Waals surface area contributed by atoms with Gasteiger partial charge in [-0.15, -0.1) is 0 Å². The highest BCUT2D eigenvalue weighted by molar-refractivity contribution is 6.37. The molecule has 0 spiro atoms. The molecule has 0 saturated heterocycles. The summed E-state index contributed by atoms with van der Waals surface area (Å²) in [4.78, 5) is 38.0. The van der Waals surface area contributed by atoms with Gasteiger partial charge in [-0.1, -0.05) is 54.6 Å². The lowest BCUT2D eigenvalue weighted by Crippen LogP contribution is -2.43. The fraction of sp³-hybridized carbons (Fsp3) is 0.261. The molecule has 8 nitrogen and oxygen atoms in total. The number of nitrogens with zero attached hydrogens (tertiary/aromatic N) is 4. The summed E-state index contributed by atoms with van der Waals surface area (Å²) < 4.78 is 37.6. The second-order valence-electron chi connectivity index (χ2n) is 7.23. The Labute approximate surface area is 194 Å². The number of alkyl halides is 3. The summed E-state index contributed by atoms with van der Waals surface area (Å²) in [5.41, 5.74) is -0.140. The first kappa shape index (κ1) is 24.6. The van der Waals surface area contributed by atoms with Crippen LogP contribution in [0.2, 0.25) is 0 Å². The van der Waals surface area contributed by atoms with Gasteiger partial charge in [-0.05, 0) is 5.56 Å². The summed E-state index contributed by atoms with van der Waals surface area (Å²) in [5, 5.41) is 5.03. The fourth-order valence-corrected chi connectivity index (χ4v) is 3.00. The van der Waals surface area contributed by atoms with E-state index in [4.69, 9.17) is 0 Å². The van der Waals surface area contributed by atoms with E-state index in [1.807, 2.05) is 59.5 Å². The monoisotopic (exact) mass is 472 g/mol. The Balaban J connectivity index is 1.56. The van der Waals surface area contributed by atoms with Crippen LogP contribution in [0.15, 0.2) is 72.0 Å². The SMILES string of the molecule is O=C(CCNC(=O)C1=NC/C=C\C=C/CN1Cc1ccccc1)Nc1cnc(C(F)(F)F)cn1. The lowest BCUT2D eigenvalue weighted by atomic mass is 10.2. The minimum Gasteiger partial charge on any atom is -0.349 e. The van der Waals surface area contributed by atoms with E-state index >= 15 is 0 Å². The van der Waals surface area contributed by atoms with Crippen molar-refractivity contribution in [1.29, 1.82) is 0 Å². The van der Waals surface area contributed by atoms with Crippen molar-refractivity contribution in [3.05, 3.63) is 78.3 Å². The first-order valence-electron chi connectivity index (χ1n) is 10.4. The van der Waals surface area contributed by atoms with Crippen molar-refractivity contribution < 1.29 is 22.8 Å². The number of amidine groups is 1. The molecule has 2 heterocycles. The van der Waals surface area contributed by atoms with Crippen molar-refractivity contribution in [2.24, 2.45) is 4.99 Å². The Hall–Kier alpha value is -4.02. The Bertz CT molecular complexity index is 1070. The number of amides is 2. The summed E-state index contributed by atoms with van der Waals surface area (Å²) in [6.45, 7) is 1.27. The van der Waals surface area contributed by atoms with Gasteiger partial charge in [0.05, 0.1) is 18.9 Å². The third-order valence-electron chi connectivity index (χ3n) is 4.62. The largest absolute Gasteiger partial charge is 0.434 e. The van der Waals surface area contributed by atoms with Gasteiger partial charge in [0.15, 0.2) is 17.3 Å². The number of carbonyl (C=O) groups excluding carboxylic acids is 2. The number of nitrogens with one attached hydrogen (secondary N) is 2. The number of aromatic nitrogens is 2. The molecule has 2 amide bonds. The molecule has 0 bridgehead atoms. The normalized spacial score (nSPS) is 15.9. The van der Waals surface area contributed by atoms with Crippen LogP contribution < -0.4 is 10.6 Å². The topological polar surface area (TPSA) is 99.6 Å². The first-order chi connectivity index (χ1) is 16.3. The molecule has 3 rings (SSSR count). The van der Waals surface area contributed by atoms with Crippen molar-refractivity contribution in [2.45, 2.75) is 19.1 Å². The molecule has 0 fully saturated rings. The van der Waals surface area contributed by atoms with E-state index in [2.05, 4.69) is 25.6 Å². The number of halogens is 3. The summed E-state index contributed by atoms with van der Waals surface area (Å²) in [6.07, 6.45) is 4.15. The number of anilines is 1. The molecule has 11 heteroatoms. The van der Waals surface area contributed by atoms with E-state index in [1.54, 1.807) is 0 Å². The van der Waals surface area contributed by atoms with E-state index in [-0.39, 0.29) is 24.6 Å². The number of hydrogen-bond acceptors (Lipinski definition) is 6. The van der Waals surface area contributed by atoms with Crippen LogP contribution in [0, 0.1) is 0 Å². The predicted octanol–water partition coefficient (Wildman–Crippen LogP) is 2.97. The average Bonchev–Trinajstić information content (AvgIpc) is 2.92. The minimum absolute atomic E-state index is 0.00258. The van der Waals surface area contributed by atoms with Crippen molar-refractivity contribution in [3.8, 4) is 0 Å². The lowest BCUT2D eigenvalue weighted by Gasteiger charge is -2.24. The van der Waals surface area contributed by atoms with Crippen molar-refractivity contribution in [1.82, 2.24) is 20.2 Å². The first-order valence-corrected chi connectivity index (χ1v) is 10.4. The average molecular weight is 472 g/mol. The molecule has 2 aromatic rings. The van der Waals surface area contributed by atoms with Crippen molar-refractivity contribution >= 4 is 23.5 Å². The van der Waals surface area contributed by atoms with Crippen LogP contribution in [0.5, 0.6) is 0 Å². The maximum atomic E-state index is 12.9. The second kappa shape index (κ2) is 11.7. The van der Waals surface area contributed by atoms with E-state index in [0.717, 1.165) is 11.8 Å². The van der Waals surface area contributed by atoms with Crippen molar-refractivity contribution in [2.75, 3.05) is 25.0 Å². The number of aliphatic imine (C=N–C) groups is 1. The molecular formula is C23H23F3N6O2. The number of allylic oxidation sites excluding steroid dienone is 2. The maximum Gasteiger partial charge on any atom is 0.434 e.